The number of nitrogens with zero attached hydrogens (tertiary/aromatic N) is 3. The Labute approximate surface area is 215 Å². The van der Waals surface area contributed by atoms with Gasteiger partial charge in [-0.2, -0.15) is 4.98 Å². The van der Waals surface area contributed by atoms with Crippen LogP contribution in [0.3, 0.4) is 0 Å². The fourth-order valence-corrected chi connectivity index (χ4v) is 4.48. The summed E-state index contributed by atoms with van der Waals surface area (Å²) in [6.45, 7) is 4.15. The van der Waals surface area contributed by atoms with Crippen LogP contribution in [-0.2, 0) is 9.53 Å². The van der Waals surface area contributed by atoms with Gasteiger partial charge in [0.15, 0.2) is 12.3 Å². The lowest BCUT2D eigenvalue weighted by Gasteiger charge is -2.45. The van der Waals surface area contributed by atoms with Crippen molar-refractivity contribution in [1.29, 1.82) is 0 Å². The Morgan fingerprint density at radius 3 is 2.53 bits per heavy atom. The Morgan fingerprint density at radius 1 is 1.21 bits per heavy atom. The van der Waals surface area contributed by atoms with E-state index in [4.69, 9.17) is 9.47 Å². The molecule has 4 rings (SSSR count). The molecule has 8 nitrogen and oxygen atoms in total. The molecule has 1 saturated heterocycles. The van der Waals surface area contributed by atoms with Crippen molar-refractivity contribution in [2.45, 2.75) is 45.7 Å². The van der Waals surface area contributed by atoms with Crippen molar-refractivity contribution < 1.29 is 36.2 Å². The number of aryl methyl sites for hydroxylation is 1. The zero-order chi connectivity index (χ0) is 27.8. The van der Waals surface area contributed by atoms with Crippen molar-refractivity contribution in [3.05, 3.63) is 52.6 Å². The maximum Gasteiger partial charge on any atom is 0.314 e. The summed E-state index contributed by atoms with van der Waals surface area (Å²) in [5.74, 6) is -1.22. The van der Waals surface area contributed by atoms with Crippen molar-refractivity contribution >= 4 is 22.8 Å². The van der Waals surface area contributed by atoms with Crippen LogP contribution in [0.4, 0.5) is 27.8 Å². The van der Waals surface area contributed by atoms with Crippen LogP contribution in [0.1, 0.15) is 54.9 Å². The molecule has 3 heterocycles. The third-order valence-corrected chi connectivity index (χ3v) is 6.52. The molecule has 0 saturated carbocycles. The van der Waals surface area contributed by atoms with E-state index in [1.54, 1.807) is 26.8 Å². The van der Waals surface area contributed by atoms with E-state index in [0.29, 0.717) is 10.9 Å². The summed E-state index contributed by atoms with van der Waals surface area (Å²) in [5, 5.41) is 6.45. The average Bonchev–Trinajstić information content (AvgIpc) is 2.85. The van der Waals surface area contributed by atoms with E-state index in [-0.39, 0.29) is 35.3 Å². The first-order chi connectivity index (χ1) is 18.0. The van der Waals surface area contributed by atoms with Gasteiger partial charge in [0.05, 0.1) is 35.6 Å². The maximum absolute atomic E-state index is 14.8. The number of hydrogen-bond acceptors (Lipinski definition) is 8. The Balaban J connectivity index is 1.81. The molecule has 0 radical (unpaired) electrons. The minimum atomic E-state index is -2.98. The average molecular weight is 540 g/mol. The molecular formula is C25H26F5N5O3. The Hall–Kier alpha value is -3.61. The van der Waals surface area contributed by atoms with Crippen LogP contribution < -0.4 is 15.4 Å². The van der Waals surface area contributed by atoms with Gasteiger partial charge in [-0.25, -0.2) is 31.9 Å². The zero-order valence-electron chi connectivity index (χ0n) is 21.0. The number of methoxy groups -OCH3 is 1. The van der Waals surface area contributed by atoms with Gasteiger partial charge in [0, 0.05) is 17.7 Å². The number of ether oxygens (including phenoxy) is 2. The summed E-state index contributed by atoms with van der Waals surface area (Å²) in [6, 6.07) is 3.81. The number of alkyl halides is 4. The standard InChI is InChI=1S/C25H26F5N5O3/c1-11(13-6-5-7-14(18(13)28)20(29)30)32-21-16-8-15(19-25(3,10-31-19)24(36)37-4)23(38-9-17(26)27)35-22(16)34-12(2)33-21/h5-8,11,17,19-20,31H,9-10H2,1-4H3,(H,32,33,34,35)/t11-,19?,25?/m1/s1. The van der Waals surface area contributed by atoms with Gasteiger partial charge in [0.1, 0.15) is 17.5 Å². The lowest BCUT2D eigenvalue weighted by atomic mass is 9.72. The lowest BCUT2D eigenvalue weighted by Crippen LogP contribution is -2.59. The first kappa shape index (κ1) is 27.4. The van der Waals surface area contributed by atoms with Gasteiger partial charge < -0.3 is 20.1 Å². The number of nitrogens with one attached hydrogen (secondary N) is 2. The van der Waals surface area contributed by atoms with E-state index < -0.39 is 54.3 Å². The fourth-order valence-electron chi connectivity index (χ4n) is 4.48. The highest BCUT2D eigenvalue weighted by atomic mass is 19.3. The first-order valence-electron chi connectivity index (χ1n) is 11.7. The molecule has 0 aliphatic carbocycles. The van der Waals surface area contributed by atoms with Crippen molar-refractivity contribution in [2.24, 2.45) is 5.41 Å². The van der Waals surface area contributed by atoms with Crippen LogP contribution in [0.15, 0.2) is 24.3 Å². The lowest BCUT2D eigenvalue weighted by molar-refractivity contribution is -0.158. The number of pyridine rings is 1. The van der Waals surface area contributed by atoms with Gasteiger partial charge in [-0.1, -0.05) is 18.2 Å². The van der Waals surface area contributed by atoms with E-state index in [9.17, 15) is 26.7 Å². The second kappa shape index (κ2) is 10.6. The molecule has 0 bridgehead atoms. The summed E-state index contributed by atoms with van der Waals surface area (Å²) in [6.07, 6.45) is -5.76. The van der Waals surface area contributed by atoms with Gasteiger partial charge in [-0.3, -0.25) is 4.79 Å². The Bertz CT molecular complexity index is 1360. The third-order valence-electron chi connectivity index (χ3n) is 6.52. The van der Waals surface area contributed by atoms with Crippen molar-refractivity contribution in [3.63, 3.8) is 0 Å². The largest absolute Gasteiger partial charge is 0.471 e. The van der Waals surface area contributed by atoms with E-state index in [1.807, 2.05) is 0 Å². The second-order valence-corrected chi connectivity index (χ2v) is 9.22. The van der Waals surface area contributed by atoms with E-state index in [2.05, 4.69) is 25.6 Å². The van der Waals surface area contributed by atoms with Gasteiger partial charge in [0.2, 0.25) is 5.88 Å². The van der Waals surface area contributed by atoms with Crippen molar-refractivity contribution in [1.82, 2.24) is 20.3 Å². The second-order valence-electron chi connectivity index (χ2n) is 9.22. The van der Waals surface area contributed by atoms with E-state index in [1.165, 1.54) is 19.2 Å². The van der Waals surface area contributed by atoms with Crippen LogP contribution in [0.2, 0.25) is 0 Å². The van der Waals surface area contributed by atoms with E-state index >= 15 is 0 Å². The monoisotopic (exact) mass is 539 g/mol. The summed E-state index contributed by atoms with van der Waals surface area (Å²) in [4.78, 5) is 25.5. The number of carbonyl (C=O) groups excluding carboxylic acids is 1. The molecule has 0 spiro atoms. The molecule has 1 aromatic carbocycles. The number of halogens is 5. The molecule has 3 atom stereocenters. The zero-order valence-corrected chi connectivity index (χ0v) is 21.0. The summed E-state index contributed by atoms with van der Waals surface area (Å²) >= 11 is 0. The van der Waals surface area contributed by atoms with Crippen LogP contribution in [-0.4, -0.2) is 47.6 Å². The number of benzene rings is 1. The van der Waals surface area contributed by atoms with Crippen LogP contribution in [0.5, 0.6) is 5.88 Å². The highest BCUT2D eigenvalue weighted by Gasteiger charge is 2.52. The molecule has 0 amide bonds. The molecule has 38 heavy (non-hydrogen) atoms. The summed E-state index contributed by atoms with van der Waals surface area (Å²) < 4.78 is 77.4. The van der Waals surface area contributed by atoms with Crippen molar-refractivity contribution in [2.75, 3.05) is 25.6 Å². The number of esters is 1. The molecule has 2 aromatic heterocycles. The van der Waals surface area contributed by atoms with Gasteiger partial charge in [0.25, 0.3) is 12.9 Å². The Kier molecular flexibility index (Phi) is 7.68. The van der Waals surface area contributed by atoms with Gasteiger partial charge in [-0.05, 0) is 26.8 Å². The minimum Gasteiger partial charge on any atom is -0.471 e. The van der Waals surface area contributed by atoms with Gasteiger partial charge in [-0.15, -0.1) is 0 Å². The SMILES string of the molecule is COC(=O)C1(C)CNC1c1cc2c(N[C@H](C)c3cccc(C(F)F)c3F)nc(C)nc2nc1OCC(F)F. The molecule has 1 fully saturated rings. The number of hydrogen-bond donors (Lipinski definition) is 2. The molecule has 1 aliphatic rings. The predicted octanol–water partition coefficient (Wildman–Crippen LogP) is 5.05. The quantitative estimate of drug-likeness (QED) is 0.288. The smallest absolute Gasteiger partial charge is 0.314 e. The highest BCUT2D eigenvalue weighted by Crippen LogP contribution is 2.45. The van der Waals surface area contributed by atoms with Crippen LogP contribution in [0, 0.1) is 18.2 Å². The summed E-state index contributed by atoms with van der Waals surface area (Å²) in [7, 11) is 1.25. The van der Waals surface area contributed by atoms with Crippen LogP contribution >= 0.6 is 0 Å². The molecule has 2 N–H and O–H groups in total. The third kappa shape index (κ3) is 5.06. The molecule has 13 heteroatoms. The molecule has 2 unspecified atom stereocenters. The number of fused-ring (bicyclic) bond motifs is 1. The molecule has 204 valence electrons. The summed E-state index contributed by atoms with van der Waals surface area (Å²) in [5.41, 5.74) is -1.36. The molecular weight excluding hydrogens is 513 g/mol. The molecule has 1 aliphatic heterocycles. The topological polar surface area (TPSA) is 98.3 Å². The Morgan fingerprint density at radius 2 is 1.92 bits per heavy atom. The maximum atomic E-state index is 14.8. The predicted molar refractivity (Wildman–Crippen MR) is 128 cm³/mol. The normalized spacial score (nSPS) is 19.9. The fraction of sp³-hybridized carbons (Fsp3) is 0.440. The first-order valence-corrected chi connectivity index (χ1v) is 11.7. The number of carbonyl (C=O) groups is 1. The van der Waals surface area contributed by atoms with Gasteiger partial charge >= 0.3 is 5.97 Å². The number of anilines is 1. The highest BCUT2D eigenvalue weighted by molar-refractivity contribution is 5.88. The molecule has 3 aromatic rings. The minimum absolute atomic E-state index is 0.00351. The van der Waals surface area contributed by atoms with Crippen LogP contribution in [0.25, 0.3) is 11.0 Å². The van der Waals surface area contributed by atoms with E-state index in [0.717, 1.165) is 6.07 Å². The van der Waals surface area contributed by atoms with Crippen molar-refractivity contribution in [3.8, 4) is 5.88 Å². The number of aromatic nitrogens is 3. The number of rotatable bonds is 9.